The highest BCUT2D eigenvalue weighted by Crippen LogP contribution is 2.36. The van der Waals surface area contributed by atoms with E-state index in [2.05, 4.69) is 20.2 Å². The summed E-state index contributed by atoms with van der Waals surface area (Å²) in [6, 6.07) is 3.87. The van der Waals surface area contributed by atoms with Crippen LogP contribution in [0.25, 0.3) is 0 Å². The third kappa shape index (κ3) is 3.39. The van der Waals surface area contributed by atoms with Gasteiger partial charge in [-0.3, -0.25) is 9.88 Å². The van der Waals surface area contributed by atoms with Gasteiger partial charge in [0, 0.05) is 43.2 Å². The predicted molar refractivity (Wildman–Crippen MR) is 88.7 cm³/mol. The summed E-state index contributed by atoms with van der Waals surface area (Å²) < 4.78 is 12.2. The second-order valence-corrected chi connectivity index (χ2v) is 7.42. The number of thiazole rings is 1. The molecule has 0 amide bonds. The third-order valence-corrected chi connectivity index (χ3v) is 5.39. The minimum atomic E-state index is -0.0303. The fraction of sp³-hybridized carbons (Fsp3) is 0.529. The summed E-state index contributed by atoms with van der Waals surface area (Å²) in [5.41, 5.74) is 1.08. The summed E-state index contributed by atoms with van der Waals surface area (Å²) in [7, 11) is 0. The first kappa shape index (κ1) is 15.1. The molecule has 4 rings (SSSR count). The van der Waals surface area contributed by atoms with Crippen LogP contribution in [-0.4, -0.2) is 46.3 Å². The lowest BCUT2D eigenvalue weighted by atomic mass is 9.84. The zero-order valence-corrected chi connectivity index (χ0v) is 14.1. The second kappa shape index (κ2) is 6.19. The maximum atomic E-state index is 6.09. The van der Waals surface area contributed by atoms with E-state index in [4.69, 9.17) is 9.47 Å². The van der Waals surface area contributed by atoms with E-state index in [9.17, 15) is 0 Å². The van der Waals surface area contributed by atoms with Gasteiger partial charge in [0.05, 0.1) is 24.9 Å². The predicted octanol–water partition coefficient (Wildman–Crippen LogP) is 2.66. The largest absolute Gasteiger partial charge is 0.489 e. The van der Waals surface area contributed by atoms with Crippen LogP contribution in [0.5, 0.6) is 5.75 Å². The molecule has 6 heteroatoms. The van der Waals surface area contributed by atoms with Crippen molar-refractivity contribution in [1.29, 1.82) is 0 Å². The topological polar surface area (TPSA) is 47.5 Å². The van der Waals surface area contributed by atoms with Crippen LogP contribution in [0.15, 0.2) is 29.9 Å². The van der Waals surface area contributed by atoms with Gasteiger partial charge in [-0.1, -0.05) is 0 Å². The first-order valence-corrected chi connectivity index (χ1v) is 8.93. The van der Waals surface area contributed by atoms with Crippen LogP contribution in [0.1, 0.15) is 23.5 Å². The smallest absolute Gasteiger partial charge is 0.138 e. The zero-order valence-electron chi connectivity index (χ0n) is 13.3. The Bertz CT molecular complexity index is 655. The Morgan fingerprint density at radius 3 is 3.13 bits per heavy atom. The molecule has 23 heavy (non-hydrogen) atoms. The Morgan fingerprint density at radius 2 is 2.39 bits per heavy atom. The molecule has 4 heterocycles. The van der Waals surface area contributed by atoms with E-state index in [1.54, 1.807) is 23.7 Å². The van der Waals surface area contributed by atoms with Crippen LogP contribution >= 0.6 is 11.3 Å². The molecule has 0 radical (unpaired) electrons. The Hall–Kier alpha value is -1.50. The molecule has 0 bridgehead atoms. The van der Waals surface area contributed by atoms with Crippen LogP contribution in [0, 0.1) is 6.92 Å². The number of aromatic nitrogens is 2. The molecule has 2 saturated heterocycles. The van der Waals surface area contributed by atoms with Crippen molar-refractivity contribution in [3.63, 3.8) is 0 Å². The average Bonchev–Trinajstić information content (AvgIpc) is 2.92. The highest BCUT2D eigenvalue weighted by molar-refractivity contribution is 7.09. The summed E-state index contributed by atoms with van der Waals surface area (Å²) in [6.45, 7) is 5.69. The van der Waals surface area contributed by atoms with Crippen molar-refractivity contribution in [3.05, 3.63) is 40.6 Å². The number of ether oxygens (including phenoxy) is 2. The number of aryl methyl sites for hydroxylation is 1. The van der Waals surface area contributed by atoms with Gasteiger partial charge in [-0.2, -0.15) is 0 Å². The van der Waals surface area contributed by atoms with Crippen molar-refractivity contribution < 1.29 is 9.47 Å². The van der Waals surface area contributed by atoms with Gasteiger partial charge in [0.15, 0.2) is 0 Å². The summed E-state index contributed by atoms with van der Waals surface area (Å²) in [4.78, 5) is 11.1. The van der Waals surface area contributed by atoms with Crippen LogP contribution < -0.4 is 4.74 Å². The van der Waals surface area contributed by atoms with E-state index < -0.39 is 0 Å². The molecule has 0 unspecified atom stereocenters. The molecular formula is C17H21N3O2S. The molecular weight excluding hydrogens is 310 g/mol. The summed E-state index contributed by atoms with van der Waals surface area (Å²) in [6.07, 6.45) is 5.66. The Morgan fingerprint density at radius 1 is 1.48 bits per heavy atom. The minimum Gasteiger partial charge on any atom is -0.489 e. The van der Waals surface area contributed by atoms with E-state index in [0.717, 1.165) is 50.5 Å². The fourth-order valence-electron chi connectivity index (χ4n) is 3.46. The molecule has 1 atom stereocenters. The van der Waals surface area contributed by atoms with Gasteiger partial charge < -0.3 is 9.47 Å². The van der Waals surface area contributed by atoms with E-state index in [0.29, 0.717) is 0 Å². The van der Waals surface area contributed by atoms with Gasteiger partial charge in [0.25, 0.3) is 0 Å². The Labute approximate surface area is 140 Å². The average molecular weight is 331 g/mol. The quantitative estimate of drug-likeness (QED) is 0.862. The SMILES string of the molecule is Cc1csc(CN2CC3(C[C@@H](Oc4cccnc4)CCO3)C2)n1. The standard InChI is InChI=1S/C17H21N3O2S/c1-13-10-23-16(19-13)9-20-11-17(12-20)7-14(4-6-21-17)22-15-3-2-5-18-8-15/h2-3,5,8,10,14H,4,6-7,9,11-12H2,1H3/t14-/m0/s1. The lowest BCUT2D eigenvalue weighted by molar-refractivity contribution is -0.188. The summed E-state index contributed by atoms with van der Waals surface area (Å²) in [5, 5.41) is 3.30. The van der Waals surface area contributed by atoms with Crippen LogP contribution in [0.4, 0.5) is 0 Å². The number of likely N-dealkylation sites (tertiary alicyclic amines) is 1. The maximum absolute atomic E-state index is 6.09. The van der Waals surface area contributed by atoms with E-state index in [-0.39, 0.29) is 11.7 Å². The Kier molecular flexibility index (Phi) is 4.05. The van der Waals surface area contributed by atoms with E-state index >= 15 is 0 Å². The number of pyridine rings is 1. The molecule has 2 aromatic heterocycles. The van der Waals surface area contributed by atoms with Crippen LogP contribution in [-0.2, 0) is 11.3 Å². The van der Waals surface area contributed by atoms with Crippen molar-refractivity contribution in [2.45, 2.75) is 38.0 Å². The lowest BCUT2D eigenvalue weighted by Gasteiger charge is -2.52. The van der Waals surface area contributed by atoms with Crippen molar-refractivity contribution >= 4 is 11.3 Å². The monoisotopic (exact) mass is 331 g/mol. The highest BCUT2D eigenvalue weighted by atomic mass is 32.1. The van der Waals surface area contributed by atoms with Crippen LogP contribution in [0.3, 0.4) is 0 Å². The second-order valence-electron chi connectivity index (χ2n) is 6.48. The molecule has 1 spiro atoms. The lowest BCUT2D eigenvalue weighted by Crippen LogP contribution is -2.65. The molecule has 2 aliphatic rings. The van der Waals surface area contributed by atoms with Crippen molar-refractivity contribution in [2.75, 3.05) is 19.7 Å². The minimum absolute atomic E-state index is 0.0303. The number of hydrogen-bond donors (Lipinski definition) is 0. The van der Waals surface area contributed by atoms with Gasteiger partial charge in [-0.25, -0.2) is 4.98 Å². The number of hydrogen-bond acceptors (Lipinski definition) is 6. The van der Waals surface area contributed by atoms with Gasteiger partial charge in [0.1, 0.15) is 16.9 Å². The van der Waals surface area contributed by atoms with Gasteiger partial charge in [-0.15, -0.1) is 11.3 Å². The fourth-order valence-corrected chi connectivity index (χ4v) is 4.27. The van der Waals surface area contributed by atoms with E-state index in [1.165, 1.54) is 5.01 Å². The summed E-state index contributed by atoms with van der Waals surface area (Å²) in [5.74, 6) is 0.851. The normalized spacial score (nSPS) is 23.6. The number of nitrogens with zero attached hydrogens (tertiary/aromatic N) is 3. The maximum Gasteiger partial charge on any atom is 0.138 e. The molecule has 122 valence electrons. The molecule has 5 nitrogen and oxygen atoms in total. The molecule has 2 aromatic rings. The number of rotatable bonds is 4. The highest BCUT2D eigenvalue weighted by Gasteiger charge is 2.48. The van der Waals surface area contributed by atoms with Gasteiger partial charge >= 0.3 is 0 Å². The molecule has 0 saturated carbocycles. The molecule has 0 N–H and O–H groups in total. The Balaban J connectivity index is 1.32. The zero-order chi connectivity index (χ0) is 15.7. The third-order valence-electron chi connectivity index (χ3n) is 4.43. The molecule has 2 aliphatic heterocycles. The summed E-state index contributed by atoms with van der Waals surface area (Å²) >= 11 is 1.74. The van der Waals surface area contributed by atoms with Crippen molar-refractivity contribution in [2.24, 2.45) is 0 Å². The molecule has 2 fully saturated rings. The van der Waals surface area contributed by atoms with Crippen molar-refractivity contribution in [1.82, 2.24) is 14.9 Å². The van der Waals surface area contributed by atoms with Gasteiger partial charge in [-0.05, 0) is 19.1 Å². The first-order chi connectivity index (χ1) is 11.2. The van der Waals surface area contributed by atoms with Crippen molar-refractivity contribution in [3.8, 4) is 5.75 Å². The molecule has 0 aromatic carbocycles. The van der Waals surface area contributed by atoms with Crippen LogP contribution in [0.2, 0.25) is 0 Å². The first-order valence-electron chi connectivity index (χ1n) is 8.05. The van der Waals surface area contributed by atoms with E-state index in [1.807, 2.05) is 19.1 Å². The van der Waals surface area contributed by atoms with Gasteiger partial charge in [0.2, 0.25) is 0 Å². The molecule has 0 aliphatic carbocycles.